The number of carbonyl (C=O) groups is 2. The molecule has 1 spiro atoms. The van der Waals surface area contributed by atoms with E-state index in [-0.39, 0.29) is 22.5 Å². The van der Waals surface area contributed by atoms with Crippen LogP contribution in [0.25, 0.3) is 0 Å². The van der Waals surface area contributed by atoms with E-state index in [1.54, 1.807) is 0 Å². The van der Waals surface area contributed by atoms with Gasteiger partial charge in [0.25, 0.3) is 0 Å². The first-order chi connectivity index (χ1) is 16.5. The number of Topliss-reactive ketones (excluding diaryl/α,β-unsaturated/α-hetero) is 1. The Bertz CT molecular complexity index is 1050. The van der Waals surface area contributed by atoms with Gasteiger partial charge >= 0.3 is 6.09 Å². The highest BCUT2D eigenvalue weighted by Gasteiger charge is 2.65. The van der Waals surface area contributed by atoms with Crippen LogP contribution in [0.15, 0.2) is 24.3 Å². The van der Waals surface area contributed by atoms with E-state index < -0.39 is 0 Å². The Hall–Kier alpha value is -1.84. The number of hydrogen-bond donors (Lipinski definition) is 0. The lowest BCUT2D eigenvalue weighted by molar-refractivity contribution is -0.150. The third-order valence-corrected chi connectivity index (χ3v) is 11.6. The molecule has 1 amide bonds. The first-order valence-electron chi connectivity index (χ1n) is 14.0. The summed E-state index contributed by atoms with van der Waals surface area (Å²) in [4.78, 5) is 28.2. The van der Waals surface area contributed by atoms with Crippen molar-refractivity contribution in [3.05, 3.63) is 35.4 Å². The van der Waals surface area contributed by atoms with Gasteiger partial charge in [-0.2, -0.15) is 0 Å². The van der Waals surface area contributed by atoms with E-state index in [0.29, 0.717) is 41.4 Å². The van der Waals surface area contributed by atoms with E-state index in [2.05, 4.69) is 58.9 Å². The first kappa shape index (κ1) is 23.6. The minimum atomic E-state index is -0.312. The highest BCUT2D eigenvalue weighted by Crippen LogP contribution is 2.68. The van der Waals surface area contributed by atoms with Crippen LogP contribution in [0.2, 0.25) is 0 Å². The van der Waals surface area contributed by atoms with Crippen molar-refractivity contribution in [1.29, 1.82) is 0 Å². The number of aryl methyl sites for hydroxylation is 1. The second-order valence-electron chi connectivity index (χ2n) is 14.1. The summed E-state index contributed by atoms with van der Waals surface area (Å²) in [6, 6.07) is 8.48. The van der Waals surface area contributed by atoms with Crippen molar-refractivity contribution < 1.29 is 14.3 Å². The summed E-state index contributed by atoms with van der Waals surface area (Å²) in [7, 11) is 0. The Morgan fingerprint density at radius 1 is 0.914 bits per heavy atom. The summed E-state index contributed by atoms with van der Waals surface area (Å²) < 4.78 is 6.20. The average molecular weight is 478 g/mol. The molecule has 1 saturated heterocycles. The van der Waals surface area contributed by atoms with Gasteiger partial charge in [-0.25, -0.2) is 4.79 Å². The Morgan fingerprint density at radius 2 is 1.66 bits per heavy atom. The molecule has 6 rings (SSSR count). The lowest BCUT2D eigenvalue weighted by Crippen LogP contribution is -2.56. The van der Waals surface area contributed by atoms with Crippen LogP contribution in [0.3, 0.4) is 0 Å². The molecule has 0 radical (unpaired) electrons. The van der Waals surface area contributed by atoms with Crippen molar-refractivity contribution in [2.24, 2.45) is 39.9 Å². The van der Waals surface area contributed by atoms with Crippen molar-refractivity contribution in [2.75, 3.05) is 6.54 Å². The monoisotopic (exact) mass is 477 g/mol. The molecule has 0 unspecified atom stereocenters. The molecule has 5 fully saturated rings. The molecule has 1 aliphatic heterocycles. The quantitative estimate of drug-likeness (QED) is 0.464. The highest BCUT2D eigenvalue weighted by atomic mass is 16.6. The summed E-state index contributed by atoms with van der Waals surface area (Å²) in [6.07, 6.45) is 8.78. The van der Waals surface area contributed by atoms with Gasteiger partial charge in [-0.3, -0.25) is 9.69 Å². The standard InChI is InChI=1S/C31H43NO3/c1-20-6-8-21(9-7-20)18-32-19-31(35-27(32)34)15-14-29(4)22(16-31)10-11-23-24(29)12-13-30(5)25(23)17-28(2,3)26(30)33/h6-9,22-25H,10-19H2,1-5H3/t22-,23+,24-,25-,29-,30-,31+/m0/s1. The topological polar surface area (TPSA) is 46.6 Å². The van der Waals surface area contributed by atoms with E-state index in [1.807, 2.05) is 4.90 Å². The van der Waals surface area contributed by atoms with Gasteiger partial charge in [-0.05, 0) is 92.9 Å². The Kier molecular flexibility index (Phi) is 5.10. The molecule has 4 saturated carbocycles. The van der Waals surface area contributed by atoms with E-state index in [0.717, 1.165) is 38.6 Å². The van der Waals surface area contributed by atoms with Gasteiger partial charge in [0.2, 0.25) is 0 Å². The summed E-state index contributed by atoms with van der Waals surface area (Å²) in [5.41, 5.74) is 2.13. The summed E-state index contributed by atoms with van der Waals surface area (Å²) in [5, 5.41) is 0. The van der Waals surface area contributed by atoms with Gasteiger partial charge in [-0.1, -0.05) is 57.5 Å². The van der Waals surface area contributed by atoms with E-state index in [4.69, 9.17) is 4.74 Å². The van der Waals surface area contributed by atoms with Crippen molar-refractivity contribution in [3.63, 3.8) is 0 Å². The minimum absolute atomic E-state index is 0.110. The number of carbonyl (C=O) groups excluding carboxylic acids is 2. The first-order valence-corrected chi connectivity index (χ1v) is 14.0. The molecule has 35 heavy (non-hydrogen) atoms. The molecule has 1 aromatic rings. The summed E-state index contributed by atoms with van der Waals surface area (Å²) >= 11 is 0. The zero-order valence-electron chi connectivity index (χ0n) is 22.4. The van der Waals surface area contributed by atoms with Crippen LogP contribution in [0.5, 0.6) is 0 Å². The molecule has 190 valence electrons. The molecule has 5 aliphatic rings. The van der Waals surface area contributed by atoms with E-state index in [1.165, 1.54) is 30.4 Å². The highest BCUT2D eigenvalue weighted by molar-refractivity contribution is 5.92. The molecule has 0 bridgehead atoms. The normalized spacial score (nSPS) is 44.1. The van der Waals surface area contributed by atoms with Crippen LogP contribution in [-0.2, 0) is 16.1 Å². The van der Waals surface area contributed by atoms with Crippen molar-refractivity contribution in [2.45, 2.75) is 98.1 Å². The fraction of sp³-hybridized carbons (Fsp3) is 0.742. The summed E-state index contributed by atoms with van der Waals surface area (Å²) in [5.74, 6) is 3.07. The molecule has 1 heterocycles. The van der Waals surface area contributed by atoms with Crippen LogP contribution < -0.4 is 0 Å². The number of fused-ring (bicyclic) bond motifs is 5. The van der Waals surface area contributed by atoms with E-state index in [9.17, 15) is 9.59 Å². The van der Waals surface area contributed by atoms with Gasteiger partial charge < -0.3 is 4.74 Å². The van der Waals surface area contributed by atoms with Gasteiger partial charge in [0, 0.05) is 17.4 Å². The van der Waals surface area contributed by atoms with Crippen molar-refractivity contribution in [1.82, 2.24) is 4.90 Å². The molecule has 0 N–H and O–H groups in total. The van der Waals surface area contributed by atoms with E-state index >= 15 is 0 Å². The maximum Gasteiger partial charge on any atom is 0.410 e. The van der Waals surface area contributed by atoms with Crippen LogP contribution in [-0.4, -0.2) is 28.9 Å². The van der Waals surface area contributed by atoms with Crippen LogP contribution in [0, 0.1) is 46.8 Å². The number of amides is 1. The third-order valence-electron chi connectivity index (χ3n) is 11.6. The number of nitrogens with zero attached hydrogens (tertiary/aromatic N) is 1. The number of ether oxygens (including phenoxy) is 1. The fourth-order valence-corrected chi connectivity index (χ4v) is 9.67. The molecule has 1 aromatic carbocycles. The second kappa shape index (κ2) is 7.59. The second-order valence-corrected chi connectivity index (χ2v) is 14.1. The fourth-order valence-electron chi connectivity index (χ4n) is 9.67. The number of benzene rings is 1. The Labute approximate surface area is 211 Å². The molecule has 4 heteroatoms. The van der Waals surface area contributed by atoms with Crippen molar-refractivity contribution in [3.8, 4) is 0 Å². The number of hydrogen-bond acceptors (Lipinski definition) is 3. The van der Waals surface area contributed by atoms with Crippen LogP contribution in [0.4, 0.5) is 4.79 Å². The van der Waals surface area contributed by atoms with Gasteiger partial charge in [0.1, 0.15) is 11.4 Å². The van der Waals surface area contributed by atoms with Crippen LogP contribution in [0.1, 0.15) is 90.2 Å². The lowest BCUT2D eigenvalue weighted by atomic mass is 9.44. The lowest BCUT2D eigenvalue weighted by Gasteiger charge is -2.61. The van der Waals surface area contributed by atoms with Crippen molar-refractivity contribution >= 4 is 11.9 Å². The summed E-state index contributed by atoms with van der Waals surface area (Å²) in [6.45, 7) is 12.7. The average Bonchev–Trinajstić information content (AvgIpc) is 3.21. The number of rotatable bonds is 2. The molecule has 4 nitrogen and oxygen atoms in total. The molecule has 7 atom stereocenters. The maximum absolute atomic E-state index is 13.3. The molecule has 0 aromatic heterocycles. The van der Waals surface area contributed by atoms with Gasteiger partial charge in [0.05, 0.1) is 6.54 Å². The molecular formula is C31H43NO3. The predicted octanol–water partition coefficient (Wildman–Crippen LogP) is 6.93. The largest absolute Gasteiger partial charge is 0.441 e. The Balaban J connectivity index is 1.18. The smallest absolute Gasteiger partial charge is 0.410 e. The minimum Gasteiger partial charge on any atom is -0.441 e. The zero-order chi connectivity index (χ0) is 24.8. The Morgan fingerprint density at radius 3 is 2.40 bits per heavy atom. The molecular weight excluding hydrogens is 434 g/mol. The zero-order valence-corrected chi connectivity index (χ0v) is 22.4. The van der Waals surface area contributed by atoms with Gasteiger partial charge in [-0.15, -0.1) is 0 Å². The SMILES string of the molecule is Cc1ccc(CN2C[C@]3(CC[C@@]4(C)[C@@H](CC[C@@H]5[C@@H]4CC[C@]4(C)C(=O)C(C)(C)C[C@@H]54)C3)OC2=O)cc1. The maximum atomic E-state index is 13.3. The third kappa shape index (κ3) is 3.44. The number of ketones is 1. The van der Waals surface area contributed by atoms with Crippen LogP contribution >= 0.6 is 0 Å². The molecule has 4 aliphatic carbocycles. The van der Waals surface area contributed by atoms with Gasteiger partial charge in [0.15, 0.2) is 0 Å². The predicted molar refractivity (Wildman–Crippen MR) is 137 cm³/mol.